The van der Waals surface area contributed by atoms with Crippen molar-refractivity contribution in [2.45, 2.75) is 58.8 Å². The molecule has 0 fully saturated rings. The molecule has 0 amide bonds. The second-order valence-electron chi connectivity index (χ2n) is 6.29. The van der Waals surface area contributed by atoms with Gasteiger partial charge in [-0.2, -0.15) is 0 Å². The molecule has 0 atom stereocenters. The summed E-state index contributed by atoms with van der Waals surface area (Å²) in [6.07, 6.45) is 8.75. The summed E-state index contributed by atoms with van der Waals surface area (Å²) in [4.78, 5) is 0. The second kappa shape index (κ2) is 7.43. The highest BCUT2D eigenvalue weighted by molar-refractivity contribution is 9.10. The zero-order valence-electron chi connectivity index (χ0n) is 13.9. The second-order valence-corrected chi connectivity index (χ2v) is 7.14. The molecule has 0 radical (unpaired) electrons. The van der Waals surface area contributed by atoms with Crippen LogP contribution in [0.2, 0.25) is 0 Å². The molecular formula is C19H23BrN2O. The Bertz CT molecular complexity index is 810. The van der Waals surface area contributed by atoms with Crippen LogP contribution in [0.5, 0.6) is 0 Å². The molecule has 0 bridgehead atoms. The lowest BCUT2D eigenvalue weighted by Crippen LogP contribution is -1.87. The summed E-state index contributed by atoms with van der Waals surface area (Å²) in [6.45, 7) is 4.33. The van der Waals surface area contributed by atoms with E-state index in [9.17, 15) is 0 Å². The number of fused-ring (bicyclic) bond motifs is 3. The molecule has 23 heavy (non-hydrogen) atoms. The van der Waals surface area contributed by atoms with E-state index >= 15 is 0 Å². The van der Waals surface area contributed by atoms with E-state index in [1.165, 1.54) is 44.1 Å². The molecule has 1 aromatic carbocycles. The predicted octanol–water partition coefficient (Wildman–Crippen LogP) is 6.35. The van der Waals surface area contributed by atoms with Crippen LogP contribution >= 0.6 is 15.9 Å². The molecule has 4 heteroatoms. The molecule has 0 aliphatic carbocycles. The minimum Gasteiger partial charge on any atom is -0.459 e. The van der Waals surface area contributed by atoms with Crippen LogP contribution in [-0.4, -0.2) is 10.2 Å². The number of aryl methyl sites for hydroxylation is 2. The van der Waals surface area contributed by atoms with Crippen molar-refractivity contribution in [3.63, 3.8) is 0 Å². The molecule has 0 saturated carbocycles. The van der Waals surface area contributed by atoms with Crippen LogP contribution in [0, 0.1) is 6.92 Å². The molecular weight excluding hydrogens is 352 g/mol. The topological polar surface area (TPSA) is 38.9 Å². The number of aromatic nitrogens is 2. The molecule has 2 heterocycles. The standard InChI is InChI=1S/C19H23BrN2O/c1-3-4-5-6-7-8-9-14-12-17-19(23-14)15-10-13(2)11-16(20)18(15)22-21-17/h10-12H,3-9H2,1-2H3. The molecule has 3 aromatic rings. The summed E-state index contributed by atoms with van der Waals surface area (Å²) in [5, 5.41) is 9.69. The highest BCUT2D eigenvalue weighted by atomic mass is 79.9. The van der Waals surface area contributed by atoms with Crippen molar-refractivity contribution in [1.29, 1.82) is 0 Å². The fraction of sp³-hybridized carbons (Fsp3) is 0.474. The van der Waals surface area contributed by atoms with Gasteiger partial charge in [0.05, 0.1) is 0 Å². The fourth-order valence-electron chi connectivity index (χ4n) is 3.01. The van der Waals surface area contributed by atoms with E-state index in [0.717, 1.165) is 38.7 Å². The first-order valence-corrected chi connectivity index (χ1v) is 9.33. The maximum atomic E-state index is 6.10. The number of hydrogen-bond acceptors (Lipinski definition) is 3. The van der Waals surface area contributed by atoms with Gasteiger partial charge in [-0.05, 0) is 47.0 Å². The molecule has 0 unspecified atom stereocenters. The zero-order chi connectivity index (χ0) is 16.2. The lowest BCUT2D eigenvalue weighted by molar-refractivity contribution is 0.523. The quantitative estimate of drug-likeness (QED) is 0.452. The SMILES string of the molecule is CCCCCCCCc1cc2nnc3c(Br)cc(C)cc3c2o1. The molecule has 3 rings (SSSR count). The largest absolute Gasteiger partial charge is 0.459 e. The van der Waals surface area contributed by atoms with E-state index in [2.05, 4.69) is 52.1 Å². The third-order valence-corrected chi connectivity index (χ3v) is 4.85. The van der Waals surface area contributed by atoms with E-state index in [4.69, 9.17) is 4.42 Å². The van der Waals surface area contributed by atoms with Gasteiger partial charge in [-0.15, -0.1) is 10.2 Å². The van der Waals surface area contributed by atoms with Crippen LogP contribution in [-0.2, 0) is 6.42 Å². The minimum atomic E-state index is 0.857. The molecule has 122 valence electrons. The number of benzene rings is 1. The normalized spacial score (nSPS) is 11.6. The van der Waals surface area contributed by atoms with Gasteiger partial charge in [0.25, 0.3) is 0 Å². The summed E-state index contributed by atoms with van der Waals surface area (Å²) in [5.41, 5.74) is 3.77. The van der Waals surface area contributed by atoms with Crippen LogP contribution in [0.3, 0.4) is 0 Å². The molecule has 0 spiro atoms. The van der Waals surface area contributed by atoms with Crippen LogP contribution in [0.1, 0.15) is 56.8 Å². The smallest absolute Gasteiger partial charge is 0.164 e. The molecule has 0 saturated heterocycles. The Kier molecular flexibility index (Phi) is 5.31. The molecule has 0 aliphatic rings. The first-order valence-electron chi connectivity index (χ1n) is 8.54. The van der Waals surface area contributed by atoms with E-state index in [1.54, 1.807) is 0 Å². The monoisotopic (exact) mass is 374 g/mol. The van der Waals surface area contributed by atoms with Crippen molar-refractivity contribution in [3.05, 3.63) is 34.0 Å². The van der Waals surface area contributed by atoms with Crippen molar-refractivity contribution in [2.75, 3.05) is 0 Å². The zero-order valence-corrected chi connectivity index (χ0v) is 15.4. The van der Waals surface area contributed by atoms with Gasteiger partial charge >= 0.3 is 0 Å². The summed E-state index contributed by atoms with van der Waals surface area (Å²) >= 11 is 3.57. The van der Waals surface area contributed by atoms with Gasteiger partial charge in [-0.3, -0.25) is 0 Å². The molecule has 3 nitrogen and oxygen atoms in total. The fourth-order valence-corrected chi connectivity index (χ4v) is 3.67. The molecule has 0 N–H and O–H groups in total. The van der Waals surface area contributed by atoms with Crippen molar-refractivity contribution >= 4 is 37.9 Å². The third-order valence-electron chi connectivity index (χ3n) is 4.25. The van der Waals surface area contributed by atoms with E-state index < -0.39 is 0 Å². The Labute approximate surface area is 145 Å². The Morgan fingerprint density at radius 2 is 1.78 bits per heavy atom. The predicted molar refractivity (Wildman–Crippen MR) is 98.8 cm³/mol. The van der Waals surface area contributed by atoms with E-state index in [-0.39, 0.29) is 0 Å². The van der Waals surface area contributed by atoms with Crippen LogP contribution in [0.15, 0.2) is 27.1 Å². The highest BCUT2D eigenvalue weighted by Gasteiger charge is 2.12. The van der Waals surface area contributed by atoms with Gasteiger partial charge in [0.15, 0.2) is 5.58 Å². The van der Waals surface area contributed by atoms with Crippen molar-refractivity contribution in [2.24, 2.45) is 0 Å². The third kappa shape index (κ3) is 3.74. The Balaban J connectivity index is 1.78. The lowest BCUT2D eigenvalue weighted by atomic mass is 10.1. The minimum absolute atomic E-state index is 0.857. The lowest BCUT2D eigenvalue weighted by Gasteiger charge is -2.01. The first-order chi connectivity index (χ1) is 11.2. The van der Waals surface area contributed by atoms with Crippen molar-refractivity contribution in [1.82, 2.24) is 10.2 Å². The van der Waals surface area contributed by atoms with Crippen molar-refractivity contribution < 1.29 is 4.42 Å². The summed E-state index contributed by atoms with van der Waals surface area (Å²) in [7, 11) is 0. The number of furan rings is 1. The van der Waals surface area contributed by atoms with Gasteiger partial charge < -0.3 is 4.42 Å². The number of hydrogen-bond donors (Lipinski definition) is 0. The summed E-state index contributed by atoms with van der Waals surface area (Å²) in [5.74, 6) is 1.02. The van der Waals surface area contributed by atoms with Gasteiger partial charge in [-0.25, -0.2) is 0 Å². The summed E-state index contributed by atoms with van der Waals surface area (Å²) in [6, 6.07) is 6.22. The van der Waals surface area contributed by atoms with Crippen LogP contribution < -0.4 is 0 Å². The van der Waals surface area contributed by atoms with Gasteiger partial charge in [0.1, 0.15) is 16.8 Å². The van der Waals surface area contributed by atoms with Crippen LogP contribution in [0.4, 0.5) is 0 Å². The molecule has 2 aromatic heterocycles. The van der Waals surface area contributed by atoms with E-state index in [0.29, 0.717) is 0 Å². The summed E-state index contributed by atoms with van der Waals surface area (Å²) < 4.78 is 7.06. The first kappa shape index (κ1) is 16.4. The Morgan fingerprint density at radius 3 is 2.61 bits per heavy atom. The van der Waals surface area contributed by atoms with Gasteiger partial charge in [-0.1, -0.05) is 39.0 Å². The maximum Gasteiger partial charge on any atom is 0.164 e. The average Bonchev–Trinajstić information content (AvgIpc) is 2.94. The van der Waals surface area contributed by atoms with Gasteiger partial charge in [0.2, 0.25) is 0 Å². The average molecular weight is 375 g/mol. The number of nitrogens with zero attached hydrogens (tertiary/aromatic N) is 2. The molecule has 0 aliphatic heterocycles. The maximum absolute atomic E-state index is 6.10. The van der Waals surface area contributed by atoms with Gasteiger partial charge in [0, 0.05) is 22.3 Å². The van der Waals surface area contributed by atoms with Crippen LogP contribution in [0.25, 0.3) is 22.0 Å². The highest BCUT2D eigenvalue weighted by Crippen LogP contribution is 2.30. The number of rotatable bonds is 7. The Hall–Kier alpha value is -1.42. The number of unbranched alkanes of at least 4 members (excludes halogenated alkanes) is 5. The van der Waals surface area contributed by atoms with E-state index in [1.807, 2.05) is 6.07 Å². The van der Waals surface area contributed by atoms with Crippen molar-refractivity contribution in [3.8, 4) is 0 Å². The Morgan fingerprint density at radius 1 is 1.00 bits per heavy atom. The number of halogens is 1.